The number of hydrogen-bond acceptors (Lipinski definition) is 7. The number of carbonyl (C=O) groups excluding carboxylic acids is 1. The monoisotopic (exact) mass is 475 g/mol. The summed E-state index contributed by atoms with van der Waals surface area (Å²) in [5.41, 5.74) is 0.726. The predicted octanol–water partition coefficient (Wildman–Crippen LogP) is 4.07. The van der Waals surface area contributed by atoms with Crippen molar-refractivity contribution in [3.8, 4) is 5.75 Å². The summed E-state index contributed by atoms with van der Waals surface area (Å²) in [6, 6.07) is 4.14. The average Bonchev–Trinajstić information content (AvgIpc) is 3.33. The van der Waals surface area contributed by atoms with Gasteiger partial charge in [-0.25, -0.2) is 9.78 Å². The zero-order valence-corrected chi connectivity index (χ0v) is 19.1. The molecule has 2 heterocycles. The first-order valence-corrected chi connectivity index (χ1v) is 11.3. The number of fused-ring (bicyclic) bond motifs is 1. The lowest BCUT2D eigenvalue weighted by Gasteiger charge is -2.31. The zero-order chi connectivity index (χ0) is 24.5. The van der Waals surface area contributed by atoms with Crippen molar-refractivity contribution in [2.75, 3.05) is 35.3 Å². The van der Waals surface area contributed by atoms with Crippen molar-refractivity contribution >= 4 is 35.0 Å². The molecule has 0 spiro atoms. The van der Waals surface area contributed by atoms with Gasteiger partial charge in [0.25, 0.3) is 5.91 Å². The second kappa shape index (κ2) is 9.40. The van der Waals surface area contributed by atoms with Crippen LogP contribution in [0.15, 0.2) is 24.4 Å². The number of aromatic carboxylic acids is 1. The molecular weight excluding hydrogens is 448 g/mol. The lowest BCUT2D eigenvalue weighted by molar-refractivity contribution is -0.141. The van der Waals surface area contributed by atoms with Gasteiger partial charge in [-0.15, -0.1) is 0 Å². The molecule has 0 unspecified atom stereocenters. The maximum absolute atomic E-state index is 15.0. The van der Waals surface area contributed by atoms with E-state index in [1.165, 1.54) is 31.5 Å². The van der Waals surface area contributed by atoms with Crippen molar-refractivity contribution < 1.29 is 28.2 Å². The highest BCUT2D eigenvalue weighted by Gasteiger charge is 2.49. The highest BCUT2D eigenvalue weighted by molar-refractivity contribution is 6.02. The predicted molar refractivity (Wildman–Crippen MR) is 122 cm³/mol. The summed E-state index contributed by atoms with van der Waals surface area (Å²) in [5, 5.41) is 12.2. The Morgan fingerprint density at radius 1 is 1.32 bits per heavy atom. The van der Waals surface area contributed by atoms with Crippen LogP contribution in [0, 0.1) is 0 Å². The third-order valence-corrected chi connectivity index (χ3v) is 6.15. The molecule has 2 aromatic rings. The maximum Gasteiger partial charge on any atom is 0.342 e. The van der Waals surface area contributed by atoms with Gasteiger partial charge < -0.3 is 25.0 Å². The van der Waals surface area contributed by atoms with Gasteiger partial charge in [-0.2, -0.15) is 13.8 Å². The van der Waals surface area contributed by atoms with E-state index in [2.05, 4.69) is 15.3 Å². The molecule has 9 nitrogen and oxygen atoms in total. The van der Waals surface area contributed by atoms with Gasteiger partial charge >= 0.3 is 11.9 Å². The third-order valence-electron chi connectivity index (χ3n) is 6.15. The Labute approximate surface area is 195 Å². The van der Waals surface area contributed by atoms with Gasteiger partial charge in [0.15, 0.2) is 5.82 Å². The van der Waals surface area contributed by atoms with Crippen molar-refractivity contribution in [3.63, 3.8) is 0 Å². The fourth-order valence-electron chi connectivity index (χ4n) is 4.50. The Hall–Kier alpha value is -3.50. The summed E-state index contributed by atoms with van der Waals surface area (Å²) in [4.78, 5) is 35.5. The molecular formula is C23H27F2N5O4. The second-order valence-corrected chi connectivity index (χ2v) is 8.48. The summed E-state index contributed by atoms with van der Waals surface area (Å²) >= 11 is 0. The number of anilines is 4. The van der Waals surface area contributed by atoms with Crippen molar-refractivity contribution in [1.82, 2.24) is 9.97 Å². The number of rotatable bonds is 7. The average molecular weight is 475 g/mol. The van der Waals surface area contributed by atoms with E-state index in [1.807, 2.05) is 6.92 Å². The van der Waals surface area contributed by atoms with Crippen LogP contribution in [0.2, 0.25) is 0 Å². The lowest BCUT2D eigenvalue weighted by atomic mass is 10.2. The number of nitrogens with one attached hydrogen (secondary N) is 1. The van der Waals surface area contributed by atoms with Gasteiger partial charge in [-0.3, -0.25) is 4.79 Å². The number of carboxylic acid groups (broad SMARTS) is 1. The minimum Gasteiger partial charge on any atom is -0.495 e. The molecule has 11 heteroatoms. The van der Waals surface area contributed by atoms with Gasteiger partial charge in [0.2, 0.25) is 5.95 Å². The van der Waals surface area contributed by atoms with Crippen LogP contribution >= 0.6 is 0 Å². The van der Waals surface area contributed by atoms with E-state index in [1.54, 1.807) is 4.90 Å². The van der Waals surface area contributed by atoms with E-state index >= 15 is 0 Å². The normalized spacial score (nSPS) is 17.9. The van der Waals surface area contributed by atoms with Gasteiger partial charge in [-0.1, -0.05) is 19.8 Å². The quantitative estimate of drug-likeness (QED) is 0.617. The van der Waals surface area contributed by atoms with E-state index in [0.29, 0.717) is 12.1 Å². The molecule has 1 saturated carbocycles. The van der Waals surface area contributed by atoms with Crippen LogP contribution in [0.25, 0.3) is 0 Å². The molecule has 1 aliphatic heterocycles. The summed E-state index contributed by atoms with van der Waals surface area (Å²) in [6.45, 7) is 1.20. The van der Waals surface area contributed by atoms with Gasteiger partial charge in [-0.05, 0) is 37.5 Å². The highest BCUT2D eigenvalue weighted by Crippen LogP contribution is 2.40. The minimum absolute atomic E-state index is 0.0496. The second-order valence-electron chi connectivity index (χ2n) is 8.48. The summed E-state index contributed by atoms with van der Waals surface area (Å²) in [5.74, 6) is -5.23. The fraction of sp³-hybridized carbons (Fsp3) is 0.478. The fourth-order valence-corrected chi connectivity index (χ4v) is 4.50. The van der Waals surface area contributed by atoms with E-state index in [0.717, 1.165) is 30.6 Å². The smallest absolute Gasteiger partial charge is 0.342 e. The van der Waals surface area contributed by atoms with E-state index in [-0.39, 0.29) is 41.4 Å². The first kappa shape index (κ1) is 23.7. The number of halogens is 2. The number of aromatic nitrogens is 2. The molecule has 2 N–H and O–H groups in total. The maximum atomic E-state index is 15.0. The van der Waals surface area contributed by atoms with Crippen LogP contribution in [0.3, 0.4) is 0 Å². The number of benzene rings is 1. The van der Waals surface area contributed by atoms with Crippen LogP contribution in [0.4, 0.5) is 31.9 Å². The number of carboxylic acids is 1. The number of nitrogens with zero attached hydrogens (tertiary/aromatic N) is 4. The molecule has 1 aliphatic carbocycles. The Morgan fingerprint density at radius 3 is 2.71 bits per heavy atom. The topological polar surface area (TPSA) is 108 Å². The van der Waals surface area contributed by atoms with Gasteiger partial charge in [0.05, 0.1) is 31.1 Å². The Balaban J connectivity index is 1.77. The lowest BCUT2D eigenvalue weighted by Crippen LogP contribution is -2.49. The molecule has 1 aromatic carbocycles. The van der Waals surface area contributed by atoms with Crippen LogP contribution in [0.5, 0.6) is 5.75 Å². The van der Waals surface area contributed by atoms with Crippen LogP contribution in [0.1, 0.15) is 49.4 Å². The zero-order valence-electron chi connectivity index (χ0n) is 19.1. The molecule has 0 atom stereocenters. The summed E-state index contributed by atoms with van der Waals surface area (Å²) in [7, 11) is 1.40. The highest BCUT2D eigenvalue weighted by atomic mass is 19.3. The molecule has 1 amide bonds. The van der Waals surface area contributed by atoms with Crippen LogP contribution in [-0.4, -0.2) is 59.1 Å². The summed E-state index contributed by atoms with van der Waals surface area (Å²) < 4.78 is 35.3. The molecule has 182 valence electrons. The molecule has 1 aromatic heterocycles. The number of amides is 1. The van der Waals surface area contributed by atoms with Crippen LogP contribution < -0.4 is 19.9 Å². The van der Waals surface area contributed by atoms with E-state index < -0.39 is 24.3 Å². The first-order valence-electron chi connectivity index (χ1n) is 11.3. The molecule has 0 saturated heterocycles. The molecule has 0 radical (unpaired) electrons. The number of alkyl halides is 2. The summed E-state index contributed by atoms with van der Waals surface area (Å²) in [6.07, 6.45) is 5.23. The first-order chi connectivity index (χ1) is 16.2. The van der Waals surface area contributed by atoms with Crippen LogP contribution in [-0.2, 0) is 4.79 Å². The van der Waals surface area contributed by atoms with E-state index in [4.69, 9.17) is 4.74 Å². The molecule has 34 heavy (non-hydrogen) atoms. The van der Waals surface area contributed by atoms with E-state index in [9.17, 15) is 23.5 Å². The van der Waals surface area contributed by atoms with Gasteiger partial charge in [0, 0.05) is 12.6 Å². The Kier molecular flexibility index (Phi) is 6.54. The molecule has 4 rings (SSSR count). The molecule has 1 fully saturated rings. The standard InChI is InChI=1S/C23H27F2N5O4/c1-3-10-29-17-12-26-22(27-16-9-8-14(20(31)32)11-18(16)34-2)28-19(17)30(15-6-4-5-7-15)13-23(24,25)21(29)33/h8-9,11-12,15H,3-7,10,13H2,1-2H3,(H,31,32)(H,26,27,28). The largest absolute Gasteiger partial charge is 0.495 e. The van der Waals surface area contributed by atoms with Crippen molar-refractivity contribution in [2.24, 2.45) is 0 Å². The van der Waals surface area contributed by atoms with Crippen molar-refractivity contribution in [1.29, 1.82) is 0 Å². The molecule has 2 aliphatic rings. The van der Waals surface area contributed by atoms with Crippen molar-refractivity contribution in [3.05, 3.63) is 30.0 Å². The van der Waals surface area contributed by atoms with Crippen molar-refractivity contribution in [2.45, 2.75) is 51.0 Å². The molecule has 0 bridgehead atoms. The third kappa shape index (κ3) is 4.46. The number of ether oxygens (including phenoxy) is 1. The Bertz CT molecular complexity index is 1090. The number of hydrogen-bond donors (Lipinski definition) is 2. The Morgan fingerprint density at radius 2 is 2.06 bits per heavy atom. The number of carbonyl (C=O) groups is 2. The van der Waals surface area contributed by atoms with Gasteiger partial charge in [0.1, 0.15) is 11.4 Å². The number of methoxy groups -OCH3 is 1. The SMILES string of the molecule is CCCN1C(=O)C(F)(F)CN(C2CCCC2)c2nc(Nc3ccc(C(=O)O)cc3OC)ncc21. The minimum atomic E-state index is -3.55.